The van der Waals surface area contributed by atoms with E-state index in [-0.39, 0.29) is 0 Å². The molecule has 2 atom stereocenters. The minimum Gasteiger partial charge on any atom is -0.379 e. The third kappa shape index (κ3) is 2.89. The normalized spacial score (nSPS) is 33.8. The predicted molar refractivity (Wildman–Crippen MR) is 73.7 cm³/mol. The van der Waals surface area contributed by atoms with Gasteiger partial charge >= 0.3 is 0 Å². The van der Waals surface area contributed by atoms with Crippen molar-refractivity contribution < 1.29 is 4.74 Å². The maximum absolute atomic E-state index is 5.62. The van der Waals surface area contributed by atoms with Crippen molar-refractivity contribution in [3.05, 3.63) is 0 Å². The first-order valence-electron chi connectivity index (χ1n) is 7.86. The van der Waals surface area contributed by atoms with Crippen LogP contribution in [0.2, 0.25) is 0 Å². The molecule has 0 bridgehead atoms. The molecule has 3 nitrogen and oxygen atoms in total. The van der Waals surface area contributed by atoms with Gasteiger partial charge in [0.15, 0.2) is 0 Å². The van der Waals surface area contributed by atoms with E-state index in [0.717, 1.165) is 37.6 Å². The van der Waals surface area contributed by atoms with Crippen LogP contribution < -0.4 is 10.6 Å². The summed E-state index contributed by atoms with van der Waals surface area (Å²) in [4.78, 5) is 0. The average molecular weight is 252 g/mol. The Morgan fingerprint density at radius 3 is 2.72 bits per heavy atom. The van der Waals surface area contributed by atoms with E-state index in [1.165, 1.54) is 38.6 Å². The van der Waals surface area contributed by atoms with E-state index >= 15 is 0 Å². The van der Waals surface area contributed by atoms with Crippen molar-refractivity contribution in [1.82, 2.24) is 10.6 Å². The van der Waals surface area contributed by atoms with Gasteiger partial charge in [0.1, 0.15) is 0 Å². The summed E-state index contributed by atoms with van der Waals surface area (Å²) in [6.45, 7) is 7.58. The van der Waals surface area contributed by atoms with Gasteiger partial charge in [-0.2, -0.15) is 0 Å². The zero-order valence-electron chi connectivity index (χ0n) is 11.7. The molecule has 1 heterocycles. The SMILES string of the molecule is CCCNC1COCC1CNCC1(C2CC2)CC1. The molecule has 1 aliphatic heterocycles. The number of hydrogen-bond donors (Lipinski definition) is 2. The van der Waals surface area contributed by atoms with Crippen molar-refractivity contribution in [2.45, 2.75) is 45.1 Å². The molecule has 3 aliphatic rings. The minimum atomic E-state index is 0.577. The lowest BCUT2D eigenvalue weighted by atomic mass is 9.99. The zero-order valence-corrected chi connectivity index (χ0v) is 11.7. The first-order chi connectivity index (χ1) is 8.84. The second kappa shape index (κ2) is 5.48. The summed E-state index contributed by atoms with van der Waals surface area (Å²) in [5.41, 5.74) is 0.728. The lowest BCUT2D eigenvalue weighted by Gasteiger charge is -2.21. The third-order valence-corrected chi connectivity index (χ3v) is 5.07. The molecule has 18 heavy (non-hydrogen) atoms. The van der Waals surface area contributed by atoms with Crippen LogP contribution in [0.5, 0.6) is 0 Å². The average Bonchev–Trinajstić information content (AvgIpc) is 3.26. The van der Waals surface area contributed by atoms with E-state index in [0.29, 0.717) is 12.0 Å². The van der Waals surface area contributed by atoms with Crippen LogP contribution >= 0.6 is 0 Å². The molecule has 0 spiro atoms. The van der Waals surface area contributed by atoms with Crippen LogP contribution in [0, 0.1) is 17.3 Å². The predicted octanol–water partition coefficient (Wildman–Crippen LogP) is 1.78. The van der Waals surface area contributed by atoms with Crippen LogP contribution in [0.15, 0.2) is 0 Å². The Morgan fingerprint density at radius 1 is 1.22 bits per heavy atom. The van der Waals surface area contributed by atoms with Crippen molar-refractivity contribution in [3.63, 3.8) is 0 Å². The maximum atomic E-state index is 5.62. The first kappa shape index (κ1) is 12.9. The van der Waals surface area contributed by atoms with Gasteiger partial charge in [-0.15, -0.1) is 0 Å². The molecule has 2 N–H and O–H groups in total. The first-order valence-corrected chi connectivity index (χ1v) is 7.86. The standard InChI is InChI=1S/C15H28N2O/c1-2-7-17-14-10-18-9-12(14)8-16-11-15(5-6-15)13-3-4-13/h12-14,16-17H,2-11H2,1H3. The zero-order chi connectivity index (χ0) is 12.4. The monoisotopic (exact) mass is 252 g/mol. The molecule has 1 saturated heterocycles. The molecule has 0 amide bonds. The van der Waals surface area contributed by atoms with Crippen LogP contribution in [0.1, 0.15) is 39.0 Å². The summed E-state index contributed by atoms with van der Waals surface area (Å²) in [5, 5.41) is 7.35. The molecule has 2 unspecified atom stereocenters. The summed E-state index contributed by atoms with van der Waals surface area (Å²) < 4.78 is 5.62. The largest absolute Gasteiger partial charge is 0.379 e. The Morgan fingerprint density at radius 2 is 2.06 bits per heavy atom. The molecule has 104 valence electrons. The quantitative estimate of drug-likeness (QED) is 0.691. The lowest BCUT2D eigenvalue weighted by molar-refractivity contribution is 0.181. The van der Waals surface area contributed by atoms with Crippen LogP contribution in [-0.2, 0) is 4.74 Å². The second-order valence-corrected chi connectivity index (χ2v) is 6.63. The Bertz CT molecular complexity index is 274. The van der Waals surface area contributed by atoms with E-state index < -0.39 is 0 Å². The van der Waals surface area contributed by atoms with Gasteiger partial charge in [-0.25, -0.2) is 0 Å². The Hall–Kier alpha value is -0.120. The van der Waals surface area contributed by atoms with Gasteiger partial charge in [-0.1, -0.05) is 6.92 Å². The molecular formula is C15H28N2O. The highest BCUT2D eigenvalue weighted by atomic mass is 16.5. The Labute approximate surface area is 111 Å². The van der Waals surface area contributed by atoms with E-state index in [4.69, 9.17) is 4.74 Å². The van der Waals surface area contributed by atoms with Gasteiger partial charge < -0.3 is 15.4 Å². The molecule has 3 rings (SSSR count). The molecular weight excluding hydrogens is 224 g/mol. The third-order valence-electron chi connectivity index (χ3n) is 5.07. The highest BCUT2D eigenvalue weighted by Crippen LogP contribution is 2.60. The molecule has 3 fully saturated rings. The fraction of sp³-hybridized carbons (Fsp3) is 1.00. The van der Waals surface area contributed by atoms with Crippen LogP contribution in [0.4, 0.5) is 0 Å². The molecule has 3 heteroatoms. The van der Waals surface area contributed by atoms with Crippen molar-refractivity contribution in [2.75, 3.05) is 32.8 Å². The fourth-order valence-electron chi connectivity index (χ4n) is 3.45. The number of hydrogen-bond acceptors (Lipinski definition) is 3. The van der Waals surface area contributed by atoms with Gasteiger partial charge in [0.2, 0.25) is 0 Å². The van der Waals surface area contributed by atoms with Gasteiger partial charge in [-0.05, 0) is 50.0 Å². The number of rotatable bonds is 8. The Kier molecular flexibility index (Phi) is 3.92. The highest BCUT2D eigenvalue weighted by molar-refractivity contribution is 5.05. The van der Waals surface area contributed by atoms with E-state index in [1.54, 1.807) is 0 Å². The Balaban J connectivity index is 1.37. The summed E-state index contributed by atoms with van der Waals surface area (Å²) in [7, 11) is 0. The molecule has 2 saturated carbocycles. The molecule has 0 aromatic carbocycles. The highest BCUT2D eigenvalue weighted by Gasteiger charge is 2.53. The van der Waals surface area contributed by atoms with Crippen molar-refractivity contribution in [2.24, 2.45) is 17.3 Å². The molecule has 0 radical (unpaired) electrons. The van der Waals surface area contributed by atoms with Crippen molar-refractivity contribution in [1.29, 1.82) is 0 Å². The van der Waals surface area contributed by atoms with E-state index in [1.807, 2.05) is 0 Å². The summed E-state index contributed by atoms with van der Waals surface area (Å²) in [5.74, 6) is 1.74. The van der Waals surface area contributed by atoms with Gasteiger partial charge in [0.25, 0.3) is 0 Å². The number of ether oxygens (including phenoxy) is 1. The van der Waals surface area contributed by atoms with Gasteiger partial charge in [-0.3, -0.25) is 0 Å². The summed E-state index contributed by atoms with van der Waals surface area (Å²) >= 11 is 0. The molecule has 2 aliphatic carbocycles. The van der Waals surface area contributed by atoms with Crippen LogP contribution in [-0.4, -0.2) is 38.9 Å². The topological polar surface area (TPSA) is 33.3 Å². The summed E-state index contributed by atoms with van der Waals surface area (Å²) in [6, 6.07) is 0.577. The van der Waals surface area contributed by atoms with E-state index in [9.17, 15) is 0 Å². The van der Waals surface area contributed by atoms with E-state index in [2.05, 4.69) is 17.6 Å². The maximum Gasteiger partial charge on any atom is 0.0623 e. The van der Waals surface area contributed by atoms with Crippen molar-refractivity contribution in [3.8, 4) is 0 Å². The summed E-state index contributed by atoms with van der Waals surface area (Å²) in [6.07, 6.45) is 7.15. The smallest absolute Gasteiger partial charge is 0.0623 e. The fourth-order valence-corrected chi connectivity index (χ4v) is 3.45. The van der Waals surface area contributed by atoms with Gasteiger partial charge in [0.05, 0.1) is 13.2 Å². The molecule has 0 aromatic rings. The lowest BCUT2D eigenvalue weighted by Crippen LogP contribution is -2.41. The van der Waals surface area contributed by atoms with Crippen LogP contribution in [0.25, 0.3) is 0 Å². The minimum absolute atomic E-state index is 0.577. The van der Waals surface area contributed by atoms with Crippen molar-refractivity contribution >= 4 is 0 Å². The second-order valence-electron chi connectivity index (χ2n) is 6.63. The number of nitrogens with one attached hydrogen (secondary N) is 2. The molecule has 0 aromatic heterocycles. The van der Waals surface area contributed by atoms with Gasteiger partial charge in [0, 0.05) is 25.0 Å². The van der Waals surface area contributed by atoms with Crippen LogP contribution in [0.3, 0.4) is 0 Å².